The van der Waals surface area contributed by atoms with Gasteiger partial charge in [0.05, 0.1) is 18.8 Å². The third-order valence-corrected chi connectivity index (χ3v) is 4.62. The second-order valence-electron chi connectivity index (χ2n) is 7.42. The molecule has 0 spiro atoms. The van der Waals surface area contributed by atoms with Crippen LogP contribution >= 0.6 is 24.0 Å². The molecule has 30 heavy (non-hydrogen) atoms. The van der Waals surface area contributed by atoms with Crippen molar-refractivity contribution < 1.29 is 9.32 Å². The zero-order valence-corrected chi connectivity index (χ0v) is 20.8. The Kier molecular flexibility index (Phi) is 11.5. The predicted molar refractivity (Wildman–Crippen MR) is 132 cm³/mol. The maximum absolute atomic E-state index is 12.1. The number of rotatable bonds is 9. The third kappa shape index (κ3) is 8.33. The molecule has 0 saturated carbocycles. The molecular formula is C22H34IN5O2. The Morgan fingerprint density at radius 2 is 1.93 bits per heavy atom. The van der Waals surface area contributed by atoms with Crippen molar-refractivity contribution in [2.75, 3.05) is 11.9 Å². The van der Waals surface area contributed by atoms with Gasteiger partial charge in [0.25, 0.3) is 0 Å². The Balaban J connectivity index is 0.00000450. The molecule has 0 aliphatic carbocycles. The predicted octanol–water partition coefficient (Wildman–Crippen LogP) is 4.66. The topological polar surface area (TPSA) is 91.5 Å². The van der Waals surface area contributed by atoms with Gasteiger partial charge in [-0.3, -0.25) is 4.79 Å². The summed E-state index contributed by atoms with van der Waals surface area (Å²) in [6, 6.07) is 9.74. The van der Waals surface area contributed by atoms with Crippen LogP contribution < -0.4 is 16.0 Å². The molecule has 0 aliphatic rings. The summed E-state index contributed by atoms with van der Waals surface area (Å²) in [5.74, 6) is 1.84. The van der Waals surface area contributed by atoms with Crippen molar-refractivity contribution in [3.8, 4) is 0 Å². The molecule has 8 heteroatoms. The lowest BCUT2D eigenvalue weighted by atomic mass is 10.1. The highest BCUT2D eigenvalue weighted by Gasteiger charge is 2.11. The Morgan fingerprint density at radius 1 is 1.17 bits per heavy atom. The van der Waals surface area contributed by atoms with Crippen LogP contribution in [0.5, 0.6) is 0 Å². The summed E-state index contributed by atoms with van der Waals surface area (Å²) in [5, 5.41) is 13.5. The van der Waals surface area contributed by atoms with E-state index in [-0.39, 0.29) is 35.8 Å². The van der Waals surface area contributed by atoms with Gasteiger partial charge in [-0.05, 0) is 37.0 Å². The van der Waals surface area contributed by atoms with Crippen LogP contribution in [0.1, 0.15) is 64.0 Å². The highest BCUT2D eigenvalue weighted by atomic mass is 127. The number of hydrogen-bond donors (Lipinski definition) is 3. The zero-order chi connectivity index (χ0) is 21.2. The van der Waals surface area contributed by atoms with Crippen molar-refractivity contribution >= 4 is 41.5 Å². The summed E-state index contributed by atoms with van der Waals surface area (Å²) >= 11 is 0. The SMILES string of the molecule is CCNC(=NCc1cccc(NC(=O)C(C)CC)c1)NCc1cc(C(C)C)no1.I. The maximum Gasteiger partial charge on any atom is 0.227 e. The minimum absolute atomic E-state index is 0. The lowest BCUT2D eigenvalue weighted by Gasteiger charge is -2.12. The van der Waals surface area contributed by atoms with Crippen molar-refractivity contribution in [1.29, 1.82) is 0 Å². The van der Waals surface area contributed by atoms with Crippen LogP contribution in [0, 0.1) is 5.92 Å². The van der Waals surface area contributed by atoms with E-state index in [2.05, 4.69) is 39.9 Å². The van der Waals surface area contributed by atoms with Gasteiger partial charge in [0.15, 0.2) is 11.7 Å². The van der Waals surface area contributed by atoms with Gasteiger partial charge in [0.2, 0.25) is 5.91 Å². The van der Waals surface area contributed by atoms with Gasteiger partial charge in [-0.2, -0.15) is 0 Å². The largest absolute Gasteiger partial charge is 0.359 e. The molecule has 3 N–H and O–H groups in total. The van der Waals surface area contributed by atoms with E-state index in [1.807, 2.05) is 51.1 Å². The number of benzene rings is 1. The number of guanidine groups is 1. The van der Waals surface area contributed by atoms with E-state index in [9.17, 15) is 4.79 Å². The van der Waals surface area contributed by atoms with Crippen LogP contribution in [-0.2, 0) is 17.9 Å². The molecule has 2 rings (SSSR count). The van der Waals surface area contributed by atoms with Crippen molar-refractivity contribution in [2.45, 2.75) is 60.0 Å². The molecule has 1 atom stereocenters. The molecule has 1 amide bonds. The quantitative estimate of drug-likeness (QED) is 0.251. The summed E-state index contributed by atoms with van der Waals surface area (Å²) in [6.45, 7) is 11.9. The van der Waals surface area contributed by atoms with Crippen LogP contribution in [0.4, 0.5) is 5.69 Å². The summed E-state index contributed by atoms with van der Waals surface area (Å²) in [7, 11) is 0. The minimum atomic E-state index is -0.00599. The first-order valence-corrected chi connectivity index (χ1v) is 10.3. The monoisotopic (exact) mass is 527 g/mol. The number of anilines is 1. The number of aliphatic imine (C=N–C) groups is 1. The number of carbonyl (C=O) groups is 1. The van der Waals surface area contributed by atoms with Gasteiger partial charge in [0, 0.05) is 24.2 Å². The smallest absolute Gasteiger partial charge is 0.227 e. The third-order valence-electron chi connectivity index (χ3n) is 4.62. The number of halogens is 1. The molecule has 0 fully saturated rings. The summed E-state index contributed by atoms with van der Waals surface area (Å²) in [4.78, 5) is 16.7. The second kappa shape index (κ2) is 13.3. The molecule has 166 valence electrons. The standard InChI is InChI=1S/C22H33N5O2.HI/c1-6-16(5)21(28)26-18-10-8-9-17(11-18)13-24-22(23-7-2)25-14-19-12-20(15(3)4)27-29-19;/h8-12,15-16H,6-7,13-14H2,1-5H3,(H,26,28)(H2,23,24,25);1H. The summed E-state index contributed by atoms with van der Waals surface area (Å²) < 4.78 is 5.36. The first-order chi connectivity index (χ1) is 13.9. The van der Waals surface area contributed by atoms with Crippen LogP contribution in [0.3, 0.4) is 0 Å². The number of amides is 1. The van der Waals surface area contributed by atoms with Gasteiger partial charge in [0.1, 0.15) is 0 Å². The first-order valence-electron chi connectivity index (χ1n) is 10.3. The average molecular weight is 527 g/mol. The Hall–Kier alpha value is -2.10. The van der Waals surface area contributed by atoms with Crippen LogP contribution in [0.15, 0.2) is 39.8 Å². The number of nitrogens with one attached hydrogen (secondary N) is 3. The average Bonchev–Trinajstić information content (AvgIpc) is 3.19. The van der Waals surface area contributed by atoms with Crippen molar-refractivity contribution in [1.82, 2.24) is 15.8 Å². The van der Waals surface area contributed by atoms with Crippen LogP contribution in [-0.4, -0.2) is 23.6 Å². The van der Waals surface area contributed by atoms with E-state index in [4.69, 9.17) is 4.52 Å². The normalized spacial score (nSPS) is 12.3. The van der Waals surface area contributed by atoms with E-state index >= 15 is 0 Å². The molecule has 2 aromatic rings. The highest BCUT2D eigenvalue weighted by Crippen LogP contribution is 2.15. The first kappa shape index (κ1) is 25.9. The fraction of sp³-hybridized carbons (Fsp3) is 0.500. The number of carbonyl (C=O) groups excluding carboxylic acids is 1. The summed E-state index contributed by atoms with van der Waals surface area (Å²) in [6.07, 6.45) is 0.817. The molecule has 1 aromatic heterocycles. The van der Waals surface area contributed by atoms with Crippen molar-refractivity contribution in [2.24, 2.45) is 10.9 Å². The Labute approximate surface area is 196 Å². The Bertz CT molecular complexity index is 819. The van der Waals surface area contributed by atoms with Crippen molar-refractivity contribution in [3.63, 3.8) is 0 Å². The summed E-state index contributed by atoms with van der Waals surface area (Å²) in [5.41, 5.74) is 2.76. The molecular weight excluding hydrogens is 493 g/mol. The molecule has 0 saturated heterocycles. The van der Waals surface area contributed by atoms with E-state index in [1.165, 1.54) is 0 Å². The van der Waals surface area contributed by atoms with Gasteiger partial charge in [-0.25, -0.2) is 4.99 Å². The van der Waals surface area contributed by atoms with Gasteiger partial charge in [-0.1, -0.05) is 45.0 Å². The minimum Gasteiger partial charge on any atom is -0.359 e. The molecule has 1 heterocycles. The van der Waals surface area contributed by atoms with Gasteiger partial charge < -0.3 is 20.5 Å². The fourth-order valence-electron chi connectivity index (χ4n) is 2.57. The number of nitrogens with zero attached hydrogens (tertiary/aromatic N) is 2. The number of aromatic nitrogens is 1. The highest BCUT2D eigenvalue weighted by molar-refractivity contribution is 14.0. The van der Waals surface area contributed by atoms with E-state index in [0.717, 1.165) is 35.7 Å². The molecule has 0 aliphatic heterocycles. The molecule has 0 bridgehead atoms. The van der Waals surface area contributed by atoms with E-state index < -0.39 is 0 Å². The van der Waals surface area contributed by atoms with Crippen LogP contribution in [0.2, 0.25) is 0 Å². The molecule has 0 radical (unpaired) electrons. The zero-order valence-electron chi connectivity index (χ0n) is 18.5. The van der Waals surface area contributed by atoms with Gasteiger partial charge >= 0.3 is 0 Å². The maximum atomic E-state index is 12.1. The second-order valence-corrected chi connectivity index (χ2v) is 7.42. The van der Waals surface area contributed by atoms with E-state index in [1.54, 1.807) is 0 Å². The van der Waals surface area contributed by atoms with E-state index in [0.29, 0.717) is 25.0 Å². The lowest BCUT2D eigenvalue weighted by molar-refractivity contribution is -0.119. The molecule has 1 aromatic carbocycles. The molecule has 7 nitrogen and oxygen atoms in total. The Morgan fingerprint density at radius 3 is 2.57 bits per heavy atom. The number of hydrogen-bond acceptors (Lipinski definition) is 4. The fourth-order valence-corrected chi connectivity index (χ4v) is 2.57. The lowest BCUT2D eigenvalue weighted by Crippen LogP contribution is -2.36. The van der Waals surface area contributed by atoms with Gasteiger partial charge in [-0.15, -0.1) is 24.0 Å². The molecule has 1 unspecified atom stereocenters. The van der Waals surface area contributed by atoms with Crippen LogP contribution in [0.25, 0.3) is 0 Å². The van der Waals surface area contributed by atoms with Crippen molar-refractivity contribution in [3.05, 3.63) is 47.3 Å².